The molecule has 3 fully saturated rings. The third-order valence-corrected chi connectivity index (χ3v) is 7.36. The van der Waals surface area contributed by atoms with Gasteiger partial charge in [0.1, 0.15) is 0 Å². The first-order valence-corrected chi connectivity index (χ1v) is 10.8. The van der Waals surface area contributed by atoms with Crippen LogP contribution in [-0.4, -0.2) is 54.4 Å². The van der Waals surface area contributed by atoms with Crippen LogP contribution < -0.4 is 5.32 Å². The molecule has 0 radical (unpaired) electrons. The van der Waals surface area contributed by atoms with Gasteiger partial charge in [-0.15, -0.1) is 11.3 Å². The Kier molecular flexibility index (Phi) is 5.86. The Morgan fingerprint density at radius 1 is 1.27 bits per heavy atom. The van der Waals surface area contributed by atoms with Gasteiger partial charge in [-0.2, -0.15) is 0 Å². The first-order chi connectivity index (χ1) is 12.6. The summed E-state index contributed by atoms with van der Waals surface area (Å²) >= 11 is 7.68. The van der Waals surface area contributed by atoms with Crippen LogP contribution in [0.4, 0.5) is 0 Å². The molecule has 1 aromatic rings. The molecule has 26 heavy (non-hydrogen) atoms. The van der Waals surface area contributed by atoms with Gasteiger partial charge in [-0.3, -0.25) is 9.69 Å². The van der Waals surface area contributed by atoms with Crippen molar-refractivity contribution in [2.24, 2.45) is 17.8 Å². The minimum Gasteiger partial charge on any atom is -0.391 e. The number of halogens is 1. The lowest BCUT2D eigenvalue weighted by molar-refractivity contribution is -0.130. The van der Waals surface area contributed by atoms with Gasteiger partial charge in [-0.05, 0) is 49.7 Å². The fourth-order valence-electron chi connectivity index (χ4n) is 4.73. The zero-order valence-electron chi connectivity index (χ0n) is 14.9. The highest BCUT2D eigenvalue weighted by Crippen LogP contribution is 2.38. The molecule has 7 heteroatoms. The summed E-state index contributed by atoms with van der Waals surface area (Å²) in [7, 11) is 0. The molecule has 0 aromatic carbocycles. The number of aliphatic hydroxyl groups excluding tert-OH is 1. The predicted molar refractivity (Wildman–Crippen MR) is 102 cm³/mol. The third kappa shape index (κ3) is 4.25. The van der Waals surface area contributed by atoms with E-state index >= 15 is 0 Å². The molecule has 1 aromatic heterocycles. The maximum absolute atomic E-state index is 12.5. The number of thiophene rings is 1. The largest absolute Gasteiger partial charge is 0.391 e. The van der Waals surface area contributed by atoms with E-state index in [9.17, 15) is 9.90 Å². The Morgan fingerprint density at radius 2 is 2.00 bits per heavy atom. The van der Waals surface area contributed by atoms with Gasteiger partial charge in [-0.25, -0.2) is 0 Å². The van der Waals surface area contributed by atoms with E-state index in [2.05, 4.69) is 16.3 Å². The monoisotopic (exact) mass is 398 g/mol. The molecule has 4 rings (SSSR count). The fourth-order valence-corrected chi connectivity index (χ4v) is 5.86. The Hall–Kier alpha value is -0.660. The number of aliphatic hydroxyl groups is 1. The number of ether oxygens (including phenoxy) is 1. The fraction of sp³-hybridized carbons (Fsp3) is 0.737. The van der Waals surface area contributed by atoms with Gasteiger partial charge in [-0.1, -0.05) is 11.6 Å². The molecule has 4 atom stereocenters. The van der Waals surface area contributed by atoms with Crippen molar-refractivity contribution in [1.82, 2.24) is 10.2 Å². The normalized spacial score (nSPS) is 33.2. The van der Waals surface area contributed by atoms with Crippen molar-refractivity contribution < 1.29 is 14.6 Å². The van der Waals surface area contributed by atoms with E-state index in [-0.39, 0.29) is 17.9 Å². The van der Waals surface area contributed by atoms with Crippen molar-refractivity contribution in [2.45, 2.75) is 44.4 Å². The molecule has 5 nitrogen and oxygen atoms in total. The Bertz CT molecular complexity index is 634. The molecule has 1 aliphatic carbocycles. The first-order valence-electron chi connectivity index (χ1n) is 9.61. The summed E-state index contributed by atoms with van der Waals surface area (Å²) in [6, 6.07) is 3.94. The molecule has 1 saturated carbocycles. The van der Waals surface area contributed by atoms with E-state index in [0.29, 0.717) is 25.0 Å². The number of nitrogens with one attached hydrogen (secondary N) is 1. The summed E-state index contributed by atoms with van der Waals surface area (Å²) < 4.78 is 6.17. The lowest BCUT2D eigenvalue weighted by Crippen LogP contribution is -2.51. The van der Waals surface area contributed by atoms with Gasteiger partial charge in [0, 0.05) is 43.6 Å². The molecule has 2 aliphatic heterocycles. The van der Waals surface area contributed by atoms with Crippen LogP contribution in [0, 0.1) is 17.8 Å². The van der Waals surface area contributed by atoms with Crippen molar-refractivity contribution >= 4 is 28.8 Å². The molecule has 3 heterocycles. The predicted octanol–water partition coefficient (Wildman–Crippen LogP) is 2.52. The van der Waals surface area contributed by atoms with Crippen molar-refractivity contribution in [3.05, 3.63) is 21.3 Å². The summed E-state index contributed by atoms with van der Waals surface area (Å²) in [6.45, 7) is 4.32. The van der Waals surface area contributed by atoms with E-state index in [1.54, 1.807) is 11.3 Å². The number of nitrogens with zero attached hydrogens (tertiary/aromatic N) is 1. The lowest BCUT2D eigenvalue weighted by atomic mass is 9.77. The van der Waals surface area contributed by atoms with Gasteiger partial charge >= 0.3 is 0 Å². The summed E-state index contributed by atoms with van der Waals surface area (Å²) in [6.07, 6.45) is 2.81. The summed E-state index contributed by atoms with van der Waals surface area (Å²) in [4.78, 5) is 16.3. The summed E-state index contributed by atoms with van der Waals surface area (Å²) in [5.74, 6) is 1.21. The van der Waals surface area contributed by atoms with Crippen LogP contribution in [0.1, 0.15) is 30.6 Å². The molecule has 0 spiro atoms. The van der Waals surface area contributed by atoms with Crippen LogP contribution in [0.25, 0.3) is 0 Å². The standard InChI is InChI=1S/C19H27ClN2O3S/c20-18-2-1-15(26-18)11-22-9-13-7-16(17(23)8-14(13)10-22)21-19(24)12-3-5-25-6-4-12/h1-2,12-14,16-17,23H,3-11H2,(H,21,24)/t13-,14+,16-,17-/m0/s1. The second-order valence-corrected chi connectivity index (χ2v) is 9.76. The van der Waals surface area contributed by atoms with Crippen molar-refractivity contribution in [3.8, 4) is 0 Å². The van der Waals surface area contributed by atoms with Gasteiger partial charge in [0.2, 0.25) is 5.91 Å². The first kappa shape index (κ1) is 18.7. The highest BCUT2D eigenvalue weighted by molar-refractivity contribution is 7.16. The molecule has 0 unspecified atom stereocenters. The van der Waals surface area contributed by atoms with Gasteiger partial charge in [0.15, 0.2) is 0 Å². The molecule has 0 bridgehead atoms. The zero-order chi connectivity index (χ0) is 18.1. The summed E-state index contributed by atoms with van der Waals surface area (Å²) in [5, 5.41) is 13.7. The molecular formula is C19H27ClN2O3S. The minimum absolute atomic E-state index is 0.0392. The molecule has 2 saturated heterocycles. The number of fused-ring (bicyclic) bond motifs is 1. The molecule has 1 amide bonds. The van der Waals surface area contributed by atoms with Crippen molar-refractivity contribution in [1.29, 1.82) is 0 Å². The number of carbonyl (C=O) groups excluding carboxylic acids is 1. The number of carbonyl (C=O) groups is 1. The van der Waals surface area contributed by atoms with Crippen LogP contribution in [0.15, 0.2) is 12.1 Å². The van der Waals surface area contributed by atoms with Crippen LogP contribution in [-0.2, 0) is 16.1 Å². The molecule has 2 N–H and O–H groups in total. The highest BCUT2D eigenvalue weighted by atomic mass is 35.5. The van der Waals surface area contributed by atoms with Crippen molar-refractivity contribution in [2.75, 3.05) is 26.3 Å². The molecule has 144 valence electrons. The average Bonchev–Trinajstić information content (AvgIpc) is 3.21. The minimum atomic E-state index is -0.434. The molecular weight excluding hydrogens is 372 g/mol. The third-order valence-electron chi connectivity index (χ3n) is 6.15. The van der Waals surface area contributed by atoms with Gasteiger partial charge in [0.05, 0.1) is 16.5 Å². The number of amides is 1. The lowest BCUT2D eigenvalue weighted by Gasteiger charge is -2.36. The van der Waals surface area contributed by atoms with E-state index in [4.69, 9.17) is 16.3 Å². The van der Waals surface area contributed by atoms with E-state index < -0.39 is 6.10 Å². The van der Waals surface area contributed by atoms with E-state index in [1.165, 1.54) is 4.88 Å². The second-order valence-electron chi connectivity index (χ2n) is 7.96. The van der Waals surface area contributed by atoms with E-state index in [1.807, 2.05) is 6.07 Å². The number of hydrogen-bond acceptors (Lipinski definition) is 5. The van der Waals surface area contributed by atoms with Gasteiger partial charge < -0.3 is 15.2 Å². The maximum atomic E-state index is 12.5. The topological polar surface area (TPSA) is 61.8 Å². The Labute approximate surface area is 163 Å². The van der Waals surface area contributed by atoms with E-state index in [0.717, 1.165) is 49.7 Å². The average molecular weight is 399 g/mol. The summed E-state index contributed by atoms with van der Waals surface area (Å²) in [5.41, 5.74) is 0. The van der Waals surface area contributed by atoms with Crippen LogP contribution in [0.2, 0.25) is 4.34 Å². The zero-order valence-corrected chi connectivity index (χ0v) is 16.5. The highest BCUT2D eigenvalue weighted by Gasteiger charge is 2.42. The SMILES string of the molecule is O=C(N[C@H]1C[C@H]2CN(Cc3ccc(Cl)s3)C[C@H]2C[C@@H]1O)C1CCOCC1. The molecule has 3 aliphatic rings. The maximum Gasteiger partial charge on any atom is 0.223 e. The Morgan fingerprint density at radius 3 is 2.69 bits per heavy atom. The second kappa shape index (κ2) is 8.15. The number of likely N-dealkylation sites (tertiary alicyclic amines) is 1. The smallest absolute Gasteiger partial charge is 0.223 e. The number of rotatable bonds is 4. The van der Waals surface area contributed by atoms with Gasteiger partial charge in [0.25, 0.3) is 0 Å². The van der Waals surface area contributed by atoms with Crippen LogP contribution >= 0.6 is 22.9 Å². The Balaban J connectivity index is 1.31. The quantitative estimate of drug-likeness (QED) is 0.818. The number of hydrogen-bond donors (Lipinski definition) is 2. The van der Waals surface area contributed by atoms with Crippen molar-refractivity contribution in [3.63, 3.8) is 0 Å². The van der Waals surface area contributed by atoms with Crippen LogP contribution in [0.5, 0.6) is 0 Å². The van der Waals surface area contributed by atoms with Crippen LogP contribution in [0.3, 0.4) is 0 Å².